The highest BCUT2D eigenvalue weighted by Crippen LogP contribution is 2.41. The predicted molar refractivity (Wildman–Crippen MR) is 122 cm³/mol. The molecule has 0 saturated carbocycles. The zero-order valence-electron chi connectivity index (χ0n) is 19.2. The van der Waals surface area contributed by atoms with Crippen molar-refractivity contribution in [1.29, 1.82) is 0 Å². The summed E-state index contributed by atoms with van der Waals surface area (Å²) in [6.45, 7) is 13.1. The summed E-state index contributed by atoms with van der Waals surface area (Å²) >= 11 is 0. The van der Waals surface area contributed by atoms with Crippen LogP contribution in [0, 0.1) is 5.41 Å². The van der Waals surface area contributed by atoms with E-state index in [4.69, 9.17) is 0 Å². The van der Waals surface area contributed by atoms with Crippen molar-refractivity contribution >= 4 is 11.7 Å². The average Bonchev–Trinajstić information content (AvgIpc) is 2.70. The van der Waals surface area contributed by atoms with Crippen LogP contribution < -0.4 is 0 Å². The van der Waals surface area contributed by atoms with Gasteiger partial charge in [0, 0.05) is 24.7 Å². The number of halogens is 1. The lowest BCUT2D eigenvalue weighted by atomic mass is 9.72. The molecule has 0 radical (unpaired) electrons. The molecule has 0 atom stereocenters. The molecule has 2 nitrogen and oxygen atoms in total. The standard InChI is InChI=1S/C26H36FNO/c1-8-20-17-21(25(29)28(7)9-2)13-14-22(20)24(27)19(4)12-15-23-18(3)11-10-16-26(23,5)6/h12-15,17H,8-11,16H2,1-7H3. The van der Waals surface area contributed by atoms with Crippen molar-refractivity contribution in [3.8, 4) is 0 Å². The third-order valence-corrected chi connectivity index (χ3v) is 6.18. The van der Waals surface area contributed by atoms with E-state index in [-0.39, 0.29) is 17.1 Å². The molecule has 1 aromatic rings. The number of amides is 1. The summed E-state index contributed by atoms with van der Waals surface area (Å²) < 4.78 is 15.3. The van der Waals surface area contributed by atoms with Crippen molar-refractivity contribution < 1.29 is 9.18 Å². The smallest absolute Gasteiger partial charge is 0.253 e. The van der Waals surface area contributed by atoms with Crippen LogP contribution in [0.15, 0.2) is 47.1 Å². The number of allylic oxidation sites excluding steroid dienone is 5. The van der Waals surface area contributed by atoms with E-state index in [1.165, 1.54) is 17.6 Å². The molecule has 0 unspecified atom stereocenters. The highest BCUT2D eigenvalue weighted by Gasteiger charge is 2.26. The largest absolute Gasteiger partial charge is 0.342 e. The van der Waals surface area contributed by atoms with Crippen LogP contribution >= 0.6 is 0 Å². The second kappa shape index (κ2) is 9.56. The molecule has 0 aromatic heterocycles. The maximum absolute atomic E-state index is 15.3. The van der Waals surface area contributed by atoms with Crippen LogP contribution in [0.25, 0.3) is 5.83 Å². The van der Waals surface area contributed by atoms with Gasteiger partial charge in [0.15, 0.2) is 0 Å². The minimum atomic E-state index is -0.215. The fraction of sp³-hybridized carbons (Fsp3) is 0.500. The molecule has 0 saturated heterocycles. The third kappa shape index (κ3) is 5.26. The Kier molecular flexibility index (Phi) is 7.62. The van der Waals surface area contributed by atoms with Crippen LogP contribution in [0.4, 0.5) is 4.39 Å². The highest BCUT2D eigenvalue weighted by atomic mass is 19.1. The second-order valence-electron chi connectivity index (χ2n) is 8.81. The molecule has 158 valence electrons. The molecule has 1 amide bonds. The Morgan fingerprint density at radius 3 is 2.55 bits per heavy atom. The third-order valence-electron chi connectivity index (χ3n) is 6.18. The van der Waals surface area contributed by atoms with Gasteiger partial charge in [-0.2, -0.15) is 0 Å². The topological polar surface area (TPSA) is 20.3 Å². The van der Waals surface area contributed by atoms with Crippen molar-refractivity contribution in [3.05, 3.63) is 63.8 Å². The summed E-state index contributed by atoms with van der Waals surface area (Å²) in [7, 11) is 1.78. The number of nitrogens with zero attached hydrogens (tertiary/aromatic N) is 1. The normalized spacial score (nSPS) is 17.5. The van der Waals surface area contributed by atoms with Gasteiger partial charge in [-0.1, -0.05) is 44.6 Å². The lowest BCUT2D eigenvalue weighted by Gasteiger charge is -2.33. The van der Waals surface area contributed by atoms with E-state index in [0.29, 0.717) is 29.7 Å². The number of hydrogen-bond donors (Lipinski definition) is 0. The van der Waals surface area contributed by atoms with Gasteiger partial charge >= 0.3 is 0 Å². The summed E-state index contributed by atoms with van der Waals surface area (Å²) in [4.78, 5) is 14.1. The predicted octanol–water partition coefficient (Wildman–Crippen LogP) is 7.12. The average molecular weight is 398 g/mol. The molecule has 0 fully saturated rings. The molecule has 2 rings (SSSR count). The Balaban J connectivity index is 2.38. The van der Waals surface area contributed by atoms with Crippen LogP contribution in [-0.4, -0.2) is 24.4 Å². The maximum atomic E-state index is 15.3. The van der Waals surface area contributed by atoms with E-state index >= 15 is 4.39 Å². The number of hydrogen-bond acceptors (Lipinski definition) is 1. The molecule has 0 heterocycles. The van der Waals surface area contributed by atoms with Crippen LogP contribution in [0.3, 0.4) is 0 Å². The first kappa shape index (κ1) is 23.1. The molecule has 29 heavy (non-hydrogen) atoms. The quantitative estimate of drug-likeness (QED) is 0.468. The second-order valence-corrected chi connectivity index (χ2v) is 8.81. The summed E-state index contributed by atoms with van der Waals surface area (Å²) in [5.74, 6) is -0.246. The highest BCUT2D eigenvalue weighted by molar-refractivity contribution is 5.94. The van der Waals surface area contributed by atoms with Crippen molar-refractivity contribution in [3.63, 3.8) is 0 Å². The molecule has 0 N–H and O–H groups in total. The summed E-state index contributed by atoms with van der Waals surface area (Å²) in [6.07, 6.45) is 8.19. The molecule has 1 aliphatic carbocycles. The fourth-order valence-electron chi connectivity index (χ4n) is 4.10. The Bertz CT molecular complexity index is 857. The van der Waals surface area contributed by atoms with Gasteiger partial charge in [-0.25, -0.2) is 4.39 Å². The fourth-order valence-corrected chi connectivity index (χ4v) is 4.10. The van der Waals surface area contributed by atoms with Crippen molar-refractivity contribution in [2.45, 2.75) is 67.2 Å². The van der Waals surface area contributed by atoms with Crippen molar-refractivity contribution in [2.75, 3.05) is 13.6 Å². The molecule has 1 aliphatic rings. The van der Waals surface area contributed by atoms with Gasteiger partial charge in [0.2, 0.25) is 0 Å². The lowest BCUT2D eigenvalue weighted by Crippen LogP contribution is -2.26. The van der Waals surface area contributed by atoms with Gasteiger partial charge in [-0.3, -0.25) is 4.79 Å². The van der Waals surface area contributed by atoms with Crippen LogP contribution in [0.5, 0.6) is 0 Å². The van der Waals surface area contributed by atoms with E-state index in [2.05, 4.69) is 26.8 Å². The minimum Gasteiger partial charge on any atom is -0.342 e. The number of carbonyl (C=O) groups is 1. The van der Waals surface area contributed by atoms with Crippen molar-refractivity contribution in [1.82, 2.24) is 4.90 Å². The summed E-state index contributed by atoms with van der Waals surface area (Å²) in [5.41, 5.74) is 5.54. The van der Waals surface area contributed by atoms with Crippen LogP contribution in [0.2, 0.25) is 0 Å². The van der Waals surface area contributed by atoms with Crippen LogP contribution in [0.1, 0.15) is 82.3 Å². The van der Waals surface area contributed by atoms with Gasteiger partial charge in [-0.15, -0.1) is 0 Å². The zero-order chi connectivity index (χ0) is 21.8. The van der Waals surface area contributed by atoms with Gasteiger partial charge < -0.3 is 4.90 Å². The minimum absolute atomic E-state index is 0.0308. The molecule has 0 bridgehead atoms. The first-order valence-electron chi connectivity index (χ1n) is 10.8. The van der Waals surface area contributed by atoms with Gasteiger partial charge in [-0.05, 0) is 80.7 Å². The van der Waals surface area contributed by atoms with Crippen molar-refractivity contribution in [2.24, 2.45) is 5.41 Å². The first-order chi connectivity index (χ1) is 13.6. The Morgan fingerprint density at radius 1 is 1.28 bits per heavy atom. The van der Waals surface area contributed by atoms with E-state index < -0.39 is 0 Å². The number of rotatable bonds is 6. The Hall–Kier alpha value is -2.16. The SMILES string of the molecule is CCc1cc(C(=O)N(C)CC)ccc1C(F)=C(C)C=CC1=C(C)CCCC1(C)C. The molecule has 0 spiro atoms. The Morgan fingerprint density at radius 2 is 1.97 bits per heavy atom. The summed E-state index contributed by atoms with van der Waals surface area (Å²) in [6, 6.07) is 5.31. The van der Waals surface area contributed by atoms with Crippen LogP contribution in [-0.2, 0) is 6.42 Å². The van der Waals surface area contributed by atoms with Gasteiger partial charge in [0.1, 0.15) is 5.83 Å². The maximum Gasteiger partial charge on any atom is 0.253 e. The first-order valence-corrected chi connectivity index (χ1v) is 10.8. The molecule has 0 aliphatic heterocycles. The Labute approximate surface area is 176 Å². The lowest BCUT2D eigenvalue weighted by molar-refractivity contribution is 0.0802. The zero-order valence-corrected chi connectivity index (χ0v) is 19.2. The van der Waals surface area contributed by atoms with Gasteiger partial charge in [0.05, 0.1) is 0 Å². The summed E-state index contributed by atoms with van der Waals surface area (Å²) in [5, 5.41) is 0. The van der Waals surface area contributed by atoms with E-state index in [1.54, 1.807) is 24.1 Å². The molecule has 1 aromatic carbocycles. The number of benzene rings is 1. The number of carbonyl (C=O) groups excluding carboxylic acids is 1. The van der Waals surface area contributed by atoms with Gasteiger partial charge in [0.25, 0.3) is 5.91 Å². The molecule has 3 heteroatoms. The van der Waals surface area contributed by atoms with E-state index in [1.807, 2.05) is 32.9 Å². The molecular formula is C26H36FNO. The molecular weight excluding hydrogens is 361 g/mol. The van der Waals surface area contributed by atoms with E-state index in [0.717, 1.165) is 18.4 Å². The van der Waals surface area contributed by atoms with E-state index in [9.17, 15) is 4.79 Å². The number of aryl methyl sites for hydroxylation is 1. The monoisotopic (exact) mass is 397 g/mol.